The minimum Gasteiger partial charge on any atom is -0.325 e. The van der Waals surface area contributed by atoms with E-state index >= 15 is 0 Å². The molecule has 2 aromatic carbocycles. The number of carbonyl (C=O) groups is 1. The molecule has 1 N–H and O–H groups in total. The third kappa shape index (κ3) is 3.26. The quantitative estimate of drug-likeness (QED) is 0.779. The summed E-state index contributed by atoms with van der Waals surface area (Å²) in [5.41, 5.74) is 2.68. The fraction of sp³-hybridized carbons (Fsp3) is 0.150. The molecule has 130 valence electrons. The first-order chi connectivity index (χ1) is 12.7. The molecule has 1 aromatic heterocycles. The number of hydrogen-bond donors (Lipinski definition) is 1. The number of nitrogens with one attached hydrogen (secondary N) is 1. The van der Waals surface area contributed by atoms with Crippen molar-refractivity contribution in [2.45, 2.75) is 12.8 Å². The second-order valence-corrected chi connectivity index (χ2v) is 6.13. The lowest BCUT2D eigenvalue weighted by atomic mass is 10.0. The highest BCUT2D eigenvalue weighted by Gasteiger charge is 2.19. The van der Waals surface area contributed by atoms with E-state index in [9.17, 15) is 9.18 Å². The summed E-state index contributed by atoms with van der Waals surface area (Å²) in [6, 6.07) is 17.3. The predicted molar refractivity (Wildman–Crippen MR) is 98.2 cm³/mol. The average molecular weight is 348 g/mol. The number of halogens is 1. The van der Waals surface area contributed by atoms with Crippen molar-refractivity contribution in [3.8, 4) is 0 Å². The standard InChI is InChI=1S/C20H17FN4O/c21-16-8-3-6-15(13-16)20(26)22-18-10-11-19(24-23-18)25-12-4-7-14-5-1-2-9-17(14)25/h1-3,5-6,8-11,13H,4,7,12H2,(H,22,23,26). The number of para-hydroxylation sites is 1. The number of aryl methyl sites for hydroxylation is 1. The van der Waals surface area contributed by atoms with Crippen LogP contribution in [-0.2, 0) is 6.42 Å². The molecule has 0 saturated heterocycles. The van der Waals surface area contributed by atoms with E-state index in [1.54, 1.807) is 12.1 Å². The van der Waals surface area contributed by atoms with Crippen LogP contribution in [0, 0.1) is 5.82 Å². The van der Waals surface area contributed by atoms with E-state index in [1.165, 1.54) is 23.8 Å². The molecule has 6 heteroatoms. The van der Waals surface area contributed by atoms with Gasteiger partial charge in [0.15, 0.2) is 11.6 Å². The summed E-state index contributed by atoms with van der Waals surface area (Å²) < 4.78 is 13.2. The smallest absolute Gasteiger partial charge is 0.256 e. The monoisotopic (exact) mass is 348 g/mol. The largest absolute Gasteiger partial charge is 0.325 e. The van der Waals surface area contributed by atoms with Gasteiger partial charge >= 0.3 is 0 Å². The zero-order chi connectivity index (χ0) is 17.9. The number of hydrogen-bond acceptors (Lipinski definition) is 4. The van der Waals surface area contributed by atoms with Gasteiger partial charge in [0.05, 0.1) is 0 Å². The highest BCUT2D eigenvalue weighted by Crippen LogP contribution is 2.31. The molecule has 1 aliphatic rings. The number of aromatic nitrogens is 2. The van der Waals surface area contributed by atoms with Gasteiger partial charge in [0, 0.05) is 17.8 Å². The number of amides is 1. The van der Waals surface area contributed by atoms with Crippen molar-refractivity contribution in [1.82, 2.24) is 10.2 Å². The highest BCUT2D eigenvalue weighted by molar-refractivity contribution is 6.03. The van der Waals surface area contributed by atoms with E-state index in [0.717, 1.165) is 30.9 Å². The van der Waals surface area contributed by atoms with Gasteiger partial charge in [-0.05, 0) is 54.8 Å². The third-order valence-electron chi connectivity index (χ3n) is 4.37. The summed E-state index contributed by atoms with van der Waals surface area (Å²) >= 11 is 0. The van der Waals surface area contributed by atoms with Crippen LogP contribution in [0.25, 0.3) is 0 Å². The lowest BCUT2D eigenvalue weighted by Crippen LogP contribution is -2.25. The molecule has 1 amide bonds. The van der Waals surface area contributed by atoms with Gasteiger partial charge < -0.3 is 10.2 Å². The Kier molecular flexibility index (Phi) is 4.31. The van der Waals surface area contributed by atoms with Gasteiger partial charge in [0.25, 0.3) is 5.91 Å². The van der Waals surface area contributed by atoms with E-state index in [1.807, 2.05) is 18.2 Å². The van der Waals surface area contributed by atoms with Gasteiger partial charge in [-0.1, -0.05) is 24.3 Å². The van der Waals surface area contributed by atoms with E-state index < -0.39 is 11.7 Å². The molecule has 0 aliphatic carbocycles. The van der Waals surface area contributed by atoms with Gasteiger partial charge in [-0.25, -0.2) is 4.39 Å². The first-order valence-corrected chi connectivity index (χ1v) is 8.47. The van der Waals surface area contributed by atoms with Crippen molar-refractivity contribution < 1.29 is 9.18 Å². The maximum atomic E-state index is 13.2. The zero-order valence-corrected chi connectivity index (χ0v) is 14.0. The molecule has 0 bridgehead atoms. The summed E-state index contributed by atoms with van der Waals surface area (Å²) in [5, 5.41) is 11.0. The minimum atomic E-state index is -0.456. The maximum Gasteiger partial charge on any atom is 0.256 e. The summed E-state index contributed by atoms with van der Waals surface area (Å²) in [4.78, 5) is 14.3. The van der Waals surface area contributed by atoms with Crippen LogP contribution in [0.4, 0.5) is 21.7 Å². The van der Waals surface area contributed by atoms with Crippen LogP contribution < -0.4 is 10.2 Å². The van der Waals surface area contributed by atoms with Crippen molar-refractivity contribution in [1.29, 1.82) is 0 Å². The predicted octanol–water partition coefficient (Wildman–Crippen LogP) is 3.95. The van der Waals surface area contributed by atoms with Gasteiger partial charge in [-0.2, -0.15) is 0 Å². The Balaban J connectivity index is 1.52. The Bertz CT molecular complexity index is 943. The van der Waals surface area contributed by atoms with Crippen molar-refractivity contribution in [3.05, 3.63) is 77.6 Å². The summed E-state index contributed by atoms with van der Waals surface area (Å²) in [6.45, 7) is 0.876. The number of nitrogens with zero attached hydrogens (tertiary/aromatic N) is 3. The molecular weight excluding hydrogens is 331 g/mol. The van der Waals surface area contributed by atoms with E-state index in [-0.39, 0.29) is 5.56 Å². The van der Waals surface area contributed by atoms with Crippen LogP contribution in [0.15, 0.2) is 60.7 Å². The Labute approximate surface area is 150 Å². The van der Waals surface area contributed by atoms with Gasteiger partial charge in [-0.3, -0.25) is 4.79 Å². The summed E-state index contributed by atoms with van der Waals surface area (Å²) in [5.74, 6) is 0.187. The number of carbonyl (C=O) groups excluding carboxylic acids is 1. The van der Waals surface area contributed by atoms with E-state index in [2.05, 4.69) is 32.5 Å². The Hall–Kier alpha value is -3.28. The molecule has 5 nitrogen and oxygen atoms in total. The normalized spacial score (nSPS) is 13.2. The van der Waals surface area contributed by atoms with Gasteiger partial charge in [-0.15, -0.1) is 10.2 Å². The fourth-order valence-corrected chi connectivity index (χ4v) is 3.13. The number of fused-ring (bicyclic) bond motifs is 1. The van der Waals surface area contributed by atoms with Crippen molar-refractivity contribution in [2.24, 2.45) is 0 Å². The third-order valence-corrected chi connectivity index (χ3v) is 4.37. The number of rotatable bonds is 3. The van der Waals surface area contributed by atoms with Gasteiger partial charge in [0.1, 0.15) is 5.82 Å². The number of benzene rings is 2. The van der Waals surface area contributed by atoms with Crippen LogP contribution in [0.2, 0.25) is 0 Å². The van der Waals surface area contributed by atoms with Crippen LogP contribution in [-0.4, -0.2) is 22.6 Å². The average Bonchev–Trinajstić information content (AvgIpc) is 2.68. The number of anilines is 3. The topological polar surface area (TPSA) is 58.1 Å². The molecule has 3 aromatic rings. The molecule has 0 radical (unpaired) electrons. The van der Waals surface area contributed by atoms with Crippen molar-refractivity contribution in [2.75, 3.05) is 16.8 Å². The first-order valence-electron chi connectivity index (χ1n) is 8.47. The molecule has 26 heavy (non-hydrogen) atoms. The van der Waals surface area contributed by atoms with Crippen molar-refractivity contribution in [3.63, 3.8) is 0 Å². The van der Waals surface area contributed by atoms with Gasteiger partial charge in [0.2, 0.25) is 0 Å². The molecule has 0 atom stereocenters. The second-order valence-electron chi connectivity index (χ2n) is 6.13. The molecule has 4 rings (SSSR count). The first kappa shape index (κ1) is 16.2. The molecule has 0 spiro atoms. The van der Waals surface area contributed by atoms with Crippen molar-refractivity contribution >= 4 is 23.2 Å². The van der Waals surface area contributed by atoms with E-state index in [4.69, 9.17) is 0 Å². The van der Waals surface area contributed by atoms with Crippen LogP contribution >= 0.6 is 0 Å². The van der Waals surface area contributed by atoms with Crippen LogP contribution in [0.5, 0.6) is 0 Å². The summed E-state index contributed by atoms with van der Waals surface area (Å²) in [7, 11) is 0. The molecule has 1 aliphatic heterocycles. The molecular formula is C20H17FN4O. The van der Waals surface area contributed by atoms with Crippen LogP contribution in [0.3, 0.4) is 0 Å². The zero-order valence-electron chi connectivity index (χ0n) is 14.0. The highest BCUT2D eigenvalue weighted by atomic mass is 19.1. The molecule has 0 saturated carbocycles. The van der Waals surface area contributed by atoms with Crippen LogP contribution in [0.1, 0.15) is 22.3 Å². The molecule has 0 unspecified atom stereocenters. The Morgan fingerprint density at radius 2 is 1.92 bits per heavy atom. The maximum absolute atomic E-state index is 13.2. The lowest BCUT2D eigenvalue weighted by molar-refractivity contribution is 0.102. The second kappa shape index (κ2) is 6.92. The Morgan fingerprint density at radius 3 is 2.73 bits per heavy atom. The Morgan fingerprint density at radius 1 is 1.04 bits per heavy atom. The fourth-order valence-electron chi connectivity index (χ4n) is 3.13. The molecule has 2 heterocycles. The molecule has 0 fully saturated rings. The lowest BCUT2D eigenvalue weighted by Gasteiger charge is -2.29. The minimum absolute atomic E-state index is 0.237. The van der Waals surface area contributed by atoms with E-state index in [0.29, 0.717) is 5.82 Å². The SMILES string of the molecule is O=C(Nc1ccc(N2CCCc3ccccc32)nn1)c1cccc(F)c1. The summed E-state index contributed by atoms with van der Waals surface area (Å²) in [6.07, 6.45) is 2.11.